The van der Waals surface area contributed by atoms with Gasteiger partial charge in [-0.2, -0.15) is 0 Å². The Morgan fingerprint density at radius 1 is 1.04 bits per heavy atom. The van der Waals surface area contributed by atoms with Gasteiger partial charge in [0.1, 0.15) is 0 Å². The molecule has 0 bridgehead atoms. The minimum Gasteiger partial charge on any atom is -0.493 e. The molecule has 1 aromatic carbocycles. The van der Waals surface area contributed by atoms with E-state index in [1.807, 2.05) is 17.0 Å². The van der Waals surface area contributed by atoms with Crippen LogP contribution >= 0.6 is 0 Å². The lowest BCUT2D eigenvalue weighted by Gasteiger charge is -2.34. The fourth-order valence-corrected chi connectivity index (χ4v) is 3.83. The van der Waals surface area contributed by atoms with Crippen molar-refractivity contribution in [1.82, 2.24) is 4.90 Å². The van der Waals surface area contributed by atoms with Crippen molar-refractivity contribution in [3.63, 3.8) is 0 Å². The average molecular weight is 379 g/mol. The van der Waals surface area contributed by atoms with Gasteiger partial charge in [0.2, 0.25) is 11.7 Å². The highest BCUT2D eigenvalue weighted by atomic mass is 16.7. The highest BCUT2D eigenvalue weighted by molar-refractivity contribution is 5.76. The molecule has 0 aromatic heterocycles. The van der Waals surface area contributed by atoms with E-state index >= 15 is 0 Å². The molecule has 7 nitrogen and oxygen atoms in total. The number of methoxy groups -OCH3 is 3. The van der Waals surface area contributed by atoms with Crippen molar-refractivity contribution in [1.29, 1.82) is 0 Å². The third-order valence-electron chi connectivity index (χ3n) is 5.32. The van der Waals surface area contributed by atoms with Crippen LogP contribution in [0.5, 0.6) is 17.2 Å². The average Bonchev–Trinajstić information content (AvgIpc) is 3.26. The van der Waals surface area contributed by atoms with Gasteiger partial charge in [0.05, 0.1) is 34.5 Å². The second-order valence-electron chi connectivity index (χ2n) is 6.82. The van der Waals surface area contributed by atoms with Crippen LogP contribution in [0.3, 0.4) is 0 Å². The molecule has 0 radical (unpaired) electrons. The Hall–Kier alpha value is -1.99. The number of rotatable bonds is 7. The largest absolute Gasteiger partial charge is 0.493 e. The molecule has 2 heterocycles. The zero-order valence-corrected chi connectivity index (χ0v) is 16.4. The number of likely N-dealkylation sites (tertiary alicyclic amines) is 1. The van der Waals surface area contributed by atoms with E-state index in [0.29, 0.717) is 49.2 Å². The summed E-state index contributed by atoms with van der Waals surface area (Å²) in [5.74, 6) is 2.35. The van der Waals surface area contributed by atoms with Gasteiger partial charge >= 0.3 is 0 Å². The molecular weight excluding hydrogens is 350 g/mol. The number of amides is 1. The molecule has 2 fully saturated rings. The third-order valence-corrected chi connectivity index (χ3v) is 5.32. The van der Waals surface area contributed by atoms with Crippen molar-refractivity contribution in [2.45, 2.75) is 32.0 Å². The Bertz CT molecular complexity index is 636. The first-order valence-electron chi connectivity index (χ1n) is 9.46. The predicted molar refractivity (Wildman–Crippen MR) is 99.4 cm³/mol. The van der Waals surface area contributed by atoms with E-state index < -0.39 is 0 Å². The van der Waals surface area contributed by atoms with Gasteiger partial charge in [-0.25, -0.2) is 0 Å². The van der Waals surface area contributed by atoms with E-state index in [4.69, 9.17) is 23.7 Å². The van der Waals surface area contributed by atoms with E-state index in [1.54, 1.807) is 21.3 Å². The quantitative estimate of drug-likeness (QED) is 0.724. The molecule has 0 aliphatic carbocycles. The first kappa shape index (κ1) is 19.8. The topological polar surface area (TPSA) is 66.5 Å². The lowest BCUT2D eigenvalue weighted by molar-refractivity contribution is -0.136. The molecule has 0 unspecified atom stereocenters. The molecule has 0 atom stereocenters. The molecular formula is C20H29NO6. The number of ether oxygens (including phenoxy) is 5. The molecule has 0 N–H and O–H groups in total. The Kier molecular flexibility index (Phi) is 6.79. The number of carbonyl (C=O) groups excluding carboxylic acids is 1. The van der Waals surface area contributed by atoms with Crippen LogP contribution in [0.25, 0.3) is 0 Å². The Morgan fingerprint density at radius 3 is 2.30 bits per heavy atom. The van der Waals surface area contributed by atoms with E-state index in [0.717, 1.165) is 31.5 Å². The summed E-state index contributed by atoms with van der Waals surface area (Å²) in [6.45, 7) is 2.87. The fourth-order valence-electron chi connectivity index (χ4n) is 3.83. The summed E-state index contributed by atoms with van der Waals surface area (Å²) >= 11 is 0. The number of benzene rings is 1. The molecule has 1 amide bonds. The van der Waals surface area contributed by atoms with Gasteiger partial charge in [-0.15, -0.1) is 0 Å². The van der Waals surface area contributed by atoms with E-state index in [1.165, 1.54) is 0 Å². The molecule has 150 valence electrons. The summed E-state index contributed by atoms with van der Waals surface area (Å²) in [6, 6.07) is 3.77. The van der Waals surface area contributed by atoms with Crippen molar-refractivity contribution in [3.05, 3.63) is 17.7 Å². The SMILES string of the molecule is COc1ccc(CCC(=O)N2CCC(C3OCCO3)CC2)c(OC)c1OC. The minimum atomic E-state index is -0.0849. The van der Waals surface area contributed by atoms with Crippen LogP contribution in [0.15, 0.2) is 12.1 Å². The zero-order valence-electron chi connectivity index (χ0n) is 16.4. The smallest absolute Gasteiger partial charge is 0.222 e. The van der Waals surface area contributed by atoms with Gasteiger partial charge < -0.3 is 28.6 Å². The van der Waals surface area contributed by atoms with Gasteiger partial charge in [0.25, 0.3) is 0 Å². The number of hydrogen-bond donors (Lipinski definition) is 0. The van der Waals surface area contributed by atoms with Crippen molar-refractivity contribution in [3.8, 4) is 17.2 Å². The summed E-state index contributed by atoms with van der Waals surface area (Å²) < 4.78 is 27.4. The van der Waals surface area contributed by atoms with Crippen molar-refractivity contribution in [2.75, 3.05) is 47.6 Å². The molecule has 7 heteroatoms. The molecule has 27 heavy (non-hydrogen) atoms. The van der Waals surface area contributed by atoms with E-state index in [-0.39, 0.29) is 12.2 Å². The predicted octanol–water partition coefficient (Wildman–Crippen LogP) is 2.26. The van der Waals surface area contributed by atoms with Crippen LogP contribution in [0.1, 0.15) is 24.8 Å². The second-order valence-corrected chi connectivity index (χ2v) is 6.82. The van der Waals surface area contributed by atoms with Gasteiger partial charge in [0, 0.05) is 25.4 Å². The molecule has 1 aromatic rings. The fraction of sp³-hybridized carbons (Fsp3) is 0.650. The van der Waals surface area contributed by atoms with Crippen LogP contribution in [0.2, 0.25) is 0 Å². The van der Waals surface area contributed by atoms with E-state index in [9.17, 15) is 4.79 Å². The Balaban J connectivity index is 1.55. The summed E-state index contributed by atoms with van der Waals surface area (Å²) in [4.78, 5) is 14.6. The third kappa shape index (κ3) is 4.47. The molecule has 0 spiro atoms. The number of piperidine rings is 1. The summed E-state index contributed by atoms with van der Waals surface area (Å²) in [5, 5.41) is 0. The molecule has 0 saturated carbocycles. The lowest BCUT2D eigenvalue weighted by Crippen LogP contribution is -2.41. The van der Waals surface area contributed by atoms with Gasteiger partial charge in [-0.05, 0) is 30.9 Å². The van der Waals surface area contributed by atoms with Crippen LogP contribution in [-0.4, -0.2) is 64.7 Å². The zero-order chi connectivity index (χ0) is 19.2. The Labute approximate surface area is 160 Å². The van der Waals surface area contributed by atoms with Crippen molar-refractivity contribution >= 4 is 5.91 Å². The van der Waals surface area contributed by atoms with Crippen LogP contribution in [0.4, 0.5) is 0 Å². The first-order valence-corrected chi connectivity index (χ1v) is 9.46. The number of carbonyl (C=O) groups is 1. The lowest BCUT2D eigenvalue weighted by atomic mass is 9.95. The van der Waals surface area contributed by atoms with Crippen molar-refractivity contribution < 1.29 is 28.5 Å². The van der Waals surface area contributed by atoms with Gasteiger partial charge in [-0.1, -0.05) is 6.07 Å². The van der Waals surface area contributed by atoms with E-state index in [2.05, 4.69) is 0 Å². The molecule has 2 aliphatic rings. The highest BCUT2D eigenvalue weighted by Crippen LogP contribution is 2.40. The standard InChI is InChI=1S/C20H29NO6/c1-23-16-6-4-14(18(24-2)19(16)25-3)5-7-17(22)21-10-8-15(9-11-21)20-26-12-13-27-20/h4,6,15,20H,5,7-13H2,1-3H3. The summed E-state index contributed by atoms with van der Waals surface area (Å²) in [7, 11) is 4.77. The first-order chi connectivity index (χ1) is 13.2. The van der Waals surface area contributed by atoms with Crippen LogP contribution in [-0.2, 0) is 20.7 Å². The second kappa shape index (κ2) is 9.28. The molecule has 3 rings (SSSR count). The van der Waals surface area contributed by atoms with Crippen LogP contribution < -0.4 is 14.2 Å². The summed E-state index contributed by atoms with van der Waals surface area (Å²) in [6.07, 6.45) is 2.80. The van der Waals surface area contributed by atoms with Gasteiger partial charge in [0.15, 0.2) is 17.8 Å². The monoisotopic (exact) mass is 379 g/mol. The van der Waals surface area contributed by atoms with Crippen molar-refractivity contribution in [2.24, 2.45) is 5.92 Å². The number of nitrogens with zero attached hydrogens (tertiary/aromatic N) is 1. The Morgan fingerprint density at radius 2 is 1.70 bits per heavy atom. The van der Waals surface area contributed by atoms with Crippen LogP contribution in [0, 0.1) is 5.92 Å². The molecule has 2 saturated heterocycles. The highest BCUT2D eigenvalue weighted by Gasteiger charge is 2.31. The maximum absolute atomic E-state index is 12.6. The number of hydrogen-bond acceptors (Lipinski definition) is 6. The molecule has 2 aliphatic heterocycles. The number of aryl methyl sites for hydroxylation is 1. The van der Waals surface area contributed by atoms with Gasteiger partial charge in [-0.3, -0.25) is 4.79 Å². The summed E-state index contributed by atoms with van der Waals surface area (Å²) in [5.41, 5.74) is 0.936. The maximum atomic E-state index is 12.6. The normalized spacial score (nSPS) is 18.6. The maximum Gasteiger partial charge on any atom is 0.222 e. The minimum absolute atomic E-state index is 0.0849.